The predicted molar refractivity (Wildman–Crippen MR) is 473 cm³/mol. The molecule has 8 heterocycles. The summed E-state index contributed by atoms with van der Waals surface area (Å²) in [7, 11) is 2.89. The van der Waals surface area contributed by atoms with Crippen LogP contribution in [0.15, 0.2) is 97.1 Å². The molecule has 8 aromatic heterocycles. The molecule has 9 amide bonds. The minimum absolute atomic E-state index is 0.00573. The Kier molecular flexibility index (Phi) is 29.6. The number of allylic oxidation sites excluding steroid dienone is 4. The van der Waals surface area contributed by atoms with Crippen LogP contribution in [0.2, 0.25) is 0 Å². The van der Waals surface area contributed by atoms with Crippen molar-refractivity contribution in [2.75, 3.05) is 61.9 Å². The number of primary amides is 4. The van der Waals surface area contributed by atoms with Crippen molar-refractivity contribution >= 4 is 127 Å². The summed E-state index contributed by atoms with van der Waals surface area (Å²) in [6, 6.07) is 17.7. The lowest BCUT2D eigenvalue weighted by Crippen LogP contribution is -2.47. The molecule has 4 aromatic carbocycles. The molecule has 0 bridgehead atoms. The van der Waals surface area contributed by atoms with Crippen LogP contribution < -0.4 is 68.5 Å². The SMILES string of the molecule is CCn1nc(C)cc1C(=O)Nc1nc2cc(C(N)=O)cc(OC)c2n1C/C=C/Cn1c(NC(=O)c2cc(C)nn2CC)nc2cc(C(N)=O)cc(OCCCO)c21.CCn1nc(C)cc1C(=O)Nc1nc2cc(C(N)=O)cc(OC)c2n1C/C=C/Cn1c(NC(=O)c2cc(C)nn2CC)nc2cc(C(N)=O)cc(OCCCOC(=O)[C@@H](NC(=O)OC(C)(C)C)C(C)C)c21. The third-order valence-electron chi connectivity index (χ3n) is 19.9. The fourth-order valence-electron chi connectivity index (χ4n) is 14.1. The highest BCUT2D eigenvalue weighted by Crippen LogP contribution is 2.37. The summed E-state index contributed by atoms with van der Waals surface area (Å²) in [6.07, 6.45) is 6.98. The first-order chi connectivity index (χ1) is 61.0. The van der Waals surface area contributed by atoms with Crippen LogP contribution in [0.25, 0.3) is 44.1 Å². The number of carbonyl (C=O) groups is 10. The van der Waals surface area contributed by atoms with Crippen LogP contribution in [0.4, 0.5) is 28.6 Å². The molecule has 0 radical (unpaired) electrons. The quantitative estimate of drug-likeness (QED) is 0.00985. The third kappa shape index (κ3) is 21.6. The first-order valence-electron chi connectivity index (χ1n) is 41.2. The third-order valence-corrected chi connectivity index (χ3v) is 19.9. The zero-order valence-corrected chi connectivity index (χ0v) is 73.7. The largest absolute Gasteiger partial charge is 0.494 e. The Labute approximate surface area is 733 Å². The van der Waals surface area contributed by atoms with Crippen LogP contribution in [-0.4, -0.2) is 194 Å². The number of amides is 9. The molecule has 0 fully saturated rings. The number of aliphatic hydroxyl groups is 1. The number of nitrogens with one attached hydrogen (secondary N) is 5. The lowest BCUT2D eigenvalue weighted by atomic mass is 10.1. The number of fused-ring (bicyclic) bond motifs is 4. The molecule has 676 valence electrons. The van der Waals surface area contributed by atoms with E-state index >= 15 is 0 Å². The normalized spacial score (nSPS) is 11.8. The fraction of sp³-hybridized carbons (Fsp3) is 0.372. The average Bonchev–Trinajstić information content (AvgIpc) is 1.64. The second kappa shape index (κ2) is 40.6. The molecular formula is C86H105N25O17. The number of carbonyl (C=O) groups excluding carboxylic acids is 10. The highest BCUT2D eigenvalue weighted by molar-refractivity contribution is 6.08. The van der Waals surface area contributed by atoms with E-state index in [1.54, 1.807) is 136 Å². The van der Waals surface area contributed by atoms with Gasteiger partial charge in [0.05, 0.1) is 78.9 Å². The maximum atomic E-state index is 13.9. The molecule has 12 rings (SSSR count). The molecule has 14 N–H and O–H groups in total. The number of nitrogens with two attached hydrogens (primary N) is 4. The monoisotopic (exact) mass is 1760 g/mol. The average molecular weight is 1760 g/mol. The number of esters is 1. The van der Waals surface area contributed by atoms with Gasteiger partial charge in [0.2, 0.25) is 47.4 Å². The number of anilines is 4. The Morgan fingerprint density at radius 2 is 0.703 bits per heavy atom. The van der Waals surface area contributed by atoms with E-state index in [-0.39, 0.29) is 139 Å². The first-order valence-corrected chi connectivity index (χ1v) is 41.2. The molecule has 0 spiro atoms. The van der Waals surface area contributed by atoms with Gasteiger partial charge in [-0.2, -0.15) is 20.4 Å². The van der Waals surface area contributed by atoms with E-state index in [0.29, 0.717) is 117 Å². The van der Waals surface area contributed by atoms with Gasteiger partial charge in [0.25, 0.3) is 23.6 Å². The molecule has 42 nitrogen and oxygen atoms in total. The summed E-state index contributed by atoms with van der Waals surface area (Å²) in [6.45, 7) is 25.5. The minimum Gasteiger partial charge on any atom is -0.494 e. The van der Waals surface area contributed by atoms with E-state index in [1.807, 2.05) is 39.8 Å². The second-order valence-corrected chi connectivity index (χ2v) is 30.8. The number of aliphatic hydroxyl groups excluding tert-OH is 1. The standard InChI is InChI=1S/C48H61N13O10.C38H44N12O7/c1-11-60-33(20-27(5)56-60)42(64)54-45-51-31-22-29(40(49)62)24-35(68-10)38(31)58(45)16-13-14-17-59-39-32(52-46(59)55-43(65)34-21-28(6)57-61(34)12-2)23-30(41(50)63)25-36(39)69-18-15-19-70-44(66)37(26(3)4)53-47(67)71-48(7,8)9;1-6-49-27(15-21(3)45-49)35(54)43-37-41-25-17-23(33(39)52)19-29(56-5)31(25)47(37)11-8-9-12-48-32-26(18-24(34(40)53)20-30(32)57-14-10-13-51)42-38(48)44-36(55)28-16-22(4)46-50(28)7-2/h13-14,20-26,37H,11-12,15-19H2,1-10H3,(H2,49,62)(H2,50,63)(H,53,67)(H,51,54,64)(H,52,55,65);8-9,15-20,51H,6-7,10-14H2,1-5H3,(H2,39,52)(H2,40,53)(H,41,43,54)(H,42,44,55)/b14-13+;9-8+/t37-;/m0./s1. The molecule has 42 heteroatoms. The number of hydrogen-bond acceptors (Lipinski definition) is 25. The molecule has 0 saturated heterocycles. The molecular weight excluding hydrogens is 1660 g/mol. The Hall–Kier alpha value is -15.3. The van der Waals surface area contributed by atoms with Crippen molar-refractivity contribution in [1.82, 2.24) is 82.6 Å². The summed E-state index contributed by atoms with van der Waals surface area (Å²) in [5.74, 6) is -4.06. The van der Waals surface area contributed by atoms with Gasteiger partial charge in [0.1, 0.15) is 79.5 Å². The maximum absolute atomic E-state index is 13.9. The van der Waals surface area contributed by atoms with Gasteiger partial charge in [-0.05, 0) is 155 Å². The summed E-state index contributed by atoms with van der Waals surface area (Å²) in [4.78, 5) is 149. The summed E-state index contributed by atoms with van der Waals surface area (Å²) < 4.78 is 47.6. The first kappa shape index (κ1) is 93.4. The lowest BCUT2D eigenvalue weighted by Gasteiger charge is -2.24. The van der Waals surface area contributed by atoms with Gasteiger partial charge >= 0.3 is 12.1 Å². The number of aryl methyl sites for hydroxylation is 8. The maximum Gasteiger partial charge on any atom is 0.408 e. The van der Waals surface area contributed by atoms with E-state index in [9.17, 15) is 53.1 Å². The number of rotatable bonds is 38. The van der Waals surface area contributed by atoms with Crippen molar-refractivity contribution in [3.63, 3.8) is 0 Å². The second-order valence-electron chi connectivity index (χ2n) is 30.8. The van der Waals surface area contributed by atoms with Crippen molar-refractivity contribution in [2.24, 2.45) is 28.9 Å². The minimum atomic E-state index is -0.969. The number of nitrogens with zero attached hydrogens (tertiary/aromatic N) is 16. The molecule has 1 atom stereocenters. The van der Waals surface area contributed by atoms with Gasteiger partial charge in [-0.3, -0.25) is 78.4 Å². The topological polar surface area (TPSA) is 553 Å². The smallest absolute Gasteiger partial charge is 0.408 e. The van der Waals surface area contributed by atoms with Crippen LogP contribution in [0.1, 0.15) is 181 Å². The number of alkyl carbamates (subject to hydrolysis) is 1. The van der Waals surface area contributed by atoms with Crippen molar-refractivity contribution in [3.05, 3.63) is 165 Å². The highest BCUT2D eigenvalue weighted by Gasteiger charge is 2.31. The zero-order chi connectivity index (χ0) is 92.9. The number of methoxy groups -OCH3 is 2. The van der Waals surface area contributed by atoms with Gasteiger partial charge in [0.15, 0.2) is 0 Å². The van der Waals surface area contributed by atoms with Gasteiger partial charge in [-0.1, -0.05) is 38.2 Å². The molecule has 0 aliphatic carbocycles. The van der Waals surface area contributed by atoms with Crippen molar-refractivity contribution in [3.8, 4) is 23.0 Å². The molecule has 0 unspecified atom stereocenters. The fourth-order valence-corrected chi connectivity index (χ4v) is 14.1. The van der Waals surface area contributed by atoms with E-state index in [4.69, 9.17) is 56.3 Å². The van der Waals surface area contributed by atoms with Gasteiger partial charge in [-0.15, -0.1) is 0 Å². The van der Waals surface area contributed by atoms with E-state index in [1.165, 1.54) is 62.8 Å². The zero-order valence-electron chi connectivity index (χ0n) is 73.7. The molecule has 0 saturated carbocycles. The molecule has 128 heavy (non-hydrogen) atoms. The number of ether oxygens (including phenoxy) is 6. The van der Waals surface area contributed by atoms with Crippen LogP contribution >= 0.6 is 0 Å². The lowest BCUT2D eigenvalue weighted by molar-refractivity contribution is -0.147. The number of imidazole rings is 4. The number of hydrogen-bond donors (Lipinski definition) is 10. The molecule has 0 aliphatic heterocycles. The summed E-state index contributed by atoms with van der Waals surface area (Å²) in [5.41, 5.74) is 29.4. The van der Waals surface area contributed by atoms with Crippen LogP contribution in [0, 0.1) is 33.6 Å². The number of aromatic nitrogens is 16. The van der Waals surface area contributed by atoms with Crippen molar-refractivity contribution in [2.45, 2.75) is 167 Å². The highest BCUT2D eigenvalue weighted by atomic mass is 16.6. The van der Waals surface area contributed by atoms with E-state index in [0.717, 1.165) is 0 Å². The van der Waals surface area contributed by atoms with E-state index < -0.39 is 71.0 Å². The van der Waals surface area contributed by atoms with E-state index in [2.05, 4.69) is 61.9 Å². The Morgan fingerprint density at radius 1 is 0.422 bits per heavy atom. The van der Waals surface area contributed by atoms with Crippen molar-refractivity contribution < 1.29 is 81.5 Å². The predicted octanol–water partition coefficient (Wildman–Crippen LogP) is 8.43. The number of benzene rings is 4. The van der Waals surface area contributed by atoms with Crippen LogP contribution in [0.3, 0.4) is 0 Å². The van der Waals surface area contributed by atoms with Crippen molar-refractivity contribution in [1.29, 1.82) is 0 Å². The van der Waals surface area contributed by atoms with Gasteiger partial charge in [0, 0.05) is 94.1 Å². The van der Waals surface area contributed by atoms with Gasteiger partial charge < -0.3 is 80.0 Å². The summed E-state index contributed by atoms with van der Waals surface area (Å²) >= 11 is 0. The molecule has 12 aromatic rings. The summed E-state index contributed by atoms with van der Waals surface area (Å²) in [5, 5.41) is 41.2. The van der Waals surface area contributed by atoms with Crippen LogP contribution in [-0.2, 0) is 66.6 Å². The Bertz CT molecular complexity index is 6310. The molecule has 0 aliphatic rings. The Balaban J connectivity index is 0.000000254. The van der Waals surface area contributed by atoms with Crippen LogP contribution in [0.5, 0.6) is 23.0 Å². The van der Waals surface area contributed by atoms with Gasteiger partial charge in [-0.25, -0.2) is 29.5 Å². The Morgan fingerprint density at radius 3 is 0.961 bits per heavy atom.